The molecule has 136 valence electrons. The van der Waals surface area contributed by atoms with Gasteiger partial charge in [0.2, 0.25) is 6.79 Å². The van der Waals surface area contributed by atoms with Crippen LogP contribution in [0.1, 0.15) is 37.0 Å². The van der Waals surface area contributed by atoms with Gasteiger partial charge in [0.1, 0.15) is 0 Å². The second kappa shape index (κ2) is 8.20. The van der Waals surface area contributed by atoms with Gasteiger partial charge in [0.25, 0.3) is 11.9 Å². The first kappa shape index (κ1) is 17.5. The quantitative estimate of drug-likeness (QED) is 0.653. The zero-order valence-corrected chi connectivity index (χ0v) is 14.6. The van der Waals surface area contributed by atoms with Crippen molar-refractivity contribution in [2.45, 2.75) is 32.8 Å². The third-order valence-corrected chi connectivity index (χ3v) is 3.87. The van der Waals surface area contributed by atoms with Crippen LogP contribution in [0.4, 0.5) is 0 Å². The van der Waals surface area contributed by atoms with Crippen molar-refractivity contribution in [1.82, 2.24) is 5.32 Å². The number of rotatable bonds is 5. The summed E-state index contributed by atoms with van der Waals surface area (Å²) < 4.78 is 21.8. The predicted octanol–water partition coefficient (Wildman–Crippen LogP) is 2.35. The molecule has 7 nitrogen and oxygen atoms in total. The Morgan fingerprint density at radius 2 is 2.20 bits per heavy atom. The molecule has 0 aromatic heterocycles. The van der Waals surface area contributed by atoms with E-state index in [2.05, 4.69) is 10.3 Å². The van der Waals surface area contributed by atoms with Gasteiger partial charge in [-0.3, -0.25) is 10.1 Å². The number of benzene rings is 1. The summed E-state index contributed by atoms with van der Waals surface area (Å²) in [5.74, 6) is 1.23. The molecule has 1 aromatic rings. The topological polar surface area (TPSA) is 78.4 Å². The molecule has 2 heterocycles. The van der Waals surface area contributed by atoms with Crippen LogP contribution < -0.4 is 14.8 Å². The van der Waals surface area contributed by atoms with Crippen LogP contribution in [-0.4, -0.2) is 44.6 Å². The van der Waals surface area contributed by atoms with Crippen molar-refractivity contribution in [2.24, 2.45) is 10.9 Å². The van der Waals surface area contributed by atoms with E-state index in [0.29, 0.717) is 36.1 Å². The van der Waals surface area contributed by atoms with E-state index in [1.807, 2.05) is 13.8 Å². The Hall–Kier alpha value is -2.28. The smallest absolute Gasteiger partial charge is 0.291 e. The van der Waals surface area contributed by atoms with Gasteiger partial charge in [-0.1, -0.05) is 13.8 Å². The number of amides is 1. The highest BCUT2D eigenvalue weighted by atomic mass is 16.7. The molecule has 25 heavy (non-hydrogen) atoms. The molecule has 1 atom stereocenters. The van der Waals surface area contributed by atoms with Gasteiger partial charge >= 0.3 is 0 Å². The molecule has 1 fully saturated rings. The van der Waals surface area contributed by atoms with E-state index in [1.54, 1.807) is 18.2 Å². The Bertz CT molecular complexity index is 638. The molecule has 0 aliphatic carbocycles. The summed E-state index contributed by atoms with van der Waals surface area (Å²) in [7, 11) is 0. The highest BCUT2D eigenvalue weighted by molar-refractivity contribution is 6.04. The van der Waals surface area contributed by atoms with Crippen LogP contribution >= 0.6 is 0 Å². The second-order valence-corrected chi connectivity index (χ2v) is 6.51. The molecule has 0 radical (unpaired) electrons. The van der Waals surface area contributed by atoms with Gasteiger partial charge in [0.15, 0.2) is 11.5 Å². The van der Waals surface area contributed by atoms with E-state index in [0.717, 1.165) is 19.4 Å². The van der Waals surface area contributed by atoms with Crippen molar-refractivity contribution in [1.29, 1.82) is 0 Å². The number of ether oxygens (including phenoxy) is 4. The molecule has 3 rings (SSSR count). The molecule has 1 amide bonds. The maximum Gasteiger partial charge on any atom is 0.291 e. The summed E-state index contributed by atoms with van der Waals surface area (Å²) >= 11 is 0. The van der Waals surface area contributed by atoms with E-state index in [1.165, 1.54) is 0 Å². The van der Waals surface area contributed by atoms with Gasteiger partial charge in [0.05, 0.1) is 19.3 Å². The van der Waals surface area contributed by atoms with Crippen LogP contribution in [0.3, 0.4) is 0 Å². The lowest BCUT2D eigenvalue weighted by atomic mass is 10.2. The van der Waals surface area contributed by atoms with Crippen molar-refractivity contribution in [3.8, 4) is 11.5 Å². The standard InChI is InChI=1S/C18H24N2O5/c1-12(2)10-23-18(19-9-14-4-3-7-22-14)20-17(21)13-5-6-15-16(8-13)25-11-24-15/h5-6,8,12,14H,3-4,7,9-11H2,1-2H3,(H,19,20,21). The average molecular weight is 348 g/mol. The van der Waals surface area contributed by atoms with Crippen molar-refractivity contribution < 1.29 is 23.7 Å². The fourth-order valence-corrected chi connectivity index (χ4v) is 2.55. The Morgan fingerprint density at radius 1 is 1.36 bits per heavy atom. The SMILES string of the molecule is CC(C)COC(=NCC1CCCO1)NC(=O)c1ccc2c(c1)OCO2. The highest BCUT2D eigenvalue weighted by Crippen LogP contribution is 2.32. The number of nitrogens with zero attached hydrogens (tertiary/aromatic N) is 1. The summed E-state index contributed by atoms with van der Waals surface area (Å²) in [4.78, 5) is 16.9. The largest absolute Gasteiger partial charge is 0.465 e. The summed E-state index contributed by atoms with van der Waals surface area (Å²) in [5, 5.41) is 2.74. The number of carbonyl (C=O) groups is 1. The molecule has 1 aromatic carbocycles. The van der Waals surface area contributed by atoms with Gasteiger partial charge in [-0.25, -0.2) is 4.99 Å². The molecule has 2 aliphatic heterocycles. The Balaban J connectivity index is 1.65. The number of hydrogen-bond donors (Lipinski definition) is 1. The van der Waals surface area contributed by atoms with Crippen molar-refractivity contribution in [3.63, 3.8) is 0 Å². The fraction of sp³-hybridized carbons (Fsp3) is 0.556. The lowest BCUT2D eigenvalue weighted by Crippen LogP contribution is -2.34. The summed E-state index contributed by atoms with van der Waals surface area (Å²) in [5.41, 5.74) is 0.460. The van der Waals surface area contributed by atoms with Gasteiger partial charge in [-0.2, -0.15) is 0 Å². The number of aliphatic imine (C=N–C) groups is 1. The summed E-state index contributed by atoms with van der Waals surface area (Å²) in [6.07, 6.45) is 2.13. The zero-order valence-electron chi connectivity index (χ0n) is 14.6. The normalized spacial score (nSPS) is 19.3. The van der Waals surface area contributed by atoms with E-state index in [9.17, 15) is 4.79 Å². The van der Waals surface area contributed by atoms with Gasteiger partial charge < -0.3 is 18.9 Å². The molecule has 0 bridgehead atoms. The third-order valence-electron chi connectivity index (χ3n) is 3.87. The number of amidine groups is 1. The van der Waals surface area contributed by atoms with Crippen molar-refractivity contribution in [2.75, 3.05) is 26.6 Å². The van der Waals surface area contributed by atoms with Crippen molar-refractivity contribution >= 4 is 11.9 Å². The Kier molecular flexibility index (Phi) is 5.75. The third kappa shape index (κ3) is 4.85. The maximum atomic E-state index is 12.5. The maximum absolute atomic E-state index is 12.5. The molecule has 2 aliphatic rings. The number of fused-ring (bicyclic) bond motifs is 1. The first-order valence-electron chi connectivity index (χ1n) is 8.61. The van der Waals surface area contributed by atoms with Crippen LogP contribution in [0.2, 0.25) is 0 Å². The second-order valence-electron chi connectivity index (χ2n) is 6.51. The van der Waals surface area contributed by atoms with E-state index in [-0.39, 0.29) is 24.8 Å². The van der Waals surface area contributed by atoms with E-state index >= 15 is 0 Å². The summed E-state index contributed by atoms with van der Waals surface area (Å²) in [6.45, 7) is 5.98. The first-order valence-corrected chi connectivity index (χ1v) is 8.61. The molecule has 1 N–H and O–H groups in total. The lowest BCUT2D eigenvalue weighted by molar-refractivity contribution is 0.0959. The van der Waals surface area contributed by atoms with Crippen LogP contribution in [0.25, 0.3) is 0 Å². The van der Waals surface area contributed by atoms with Crippen LogP contribution in [0.15, 0.2) is 23.2 Å². The Labute approximate surface area is 147 Å². The fourth-order valence-electron chi connectivity index (χ4n) is 2.55. The number of hydrogen-bond acceptors (Lipinski definition) is 6. The van der Waals surface area contributed by atoms with Crippen molar-refractivity contribution in [3.05, 3.63) is 23.8 Å². The van der Waals surface area contributed by atoms with Crippen LogP contribution in [0, 0.1) is 5.92 Å². The average Bonchev–Trinajstić information content (AvgIpc) is 3.27. The monoisotopic (exact) mass is 348 g/mol. The number of carbonyl (C=O) groups excluding carboxylic acids is 1. The van der Waals surface area contributed by atoms with Gasteiger partial charge in [-0.05, 0) is 37.0 Å². The molecule has 1 saturated heterocycles. The molecule has 0 spiro atoms. The predicted molar refractivity (Wildman–Crippen MR) is 92.1 cm³/mol. The van der Waals surface area contributed by atoms with Gasteiger partial charge in [-0.15, -0.1) is 0 Å². The molecular formula is C18H24N2O5. The molecule has 0 saturated carbocycles. The minimum absolute atomic E-state index is 0.0973. The molecular weight excluding hydrogens is 324 g/mol. The minimum Gasteiger partial charge on any atom is -0.465 e. The molecule has 1 unspecified atom stereocenters. The number of nitrogens with one attached hydrogen (secondary N) is 1. The zero-order chi connectivity index (χ0) is 17.6. The van der Waals surface area contributed by atoms with E-state index < -0.39 is 0 Å². The lowest BCUT2D eigenvalue weighted by Gasteiger charge is -2.14. The van der Waals surface area contributed by atoms with Gasteiger partial charge in [0, 0.05) is 12.2 Å². The van der Waals surface area contributed by atoms with Crippen LogP contribution in [-0.2, 0) is 9.47 Å². The molecule has 7 heteroatoms. The highest BCUT2D eigenvalue weighted by Gasteiger charge is 2.19. The van der Waals surface area contributed by atoms with E-state index in [4.69, 9.17) is 18.9 Å². The summed E-state index contributed by atoms with van der Waals surface area (Å²) in [6, 6.07) is 5.28. The first-order chi connectivity index (χ1) is 12.1. The Morgan fingerprint density at radius 3 is 2.96 bits per heavy atom. The minimum atomic E-state index is -0.298. The van der Waals surface area contributed by atoms with Crippen LogP contribution in [0.5, 0.6) is 11.5 Å².